The van der Waals surface area contributed by atoms with E-state index in [0.717, 1.165) is 12.8 Å². The first-order chi connectivity index (χ1) is 24.4. The van der Waals surface area contributed by atoms with Crippen molar-refractivity contribution in [1.29, 1.82) is 0 Å². The molecular weight excluding hydrogens is 660 g/mol. The third kappa shape index (κ3) is 14.3. The van der Waals surface area contributed by atoms with Gasteiger partial charge in [-0.15, -0.1) is 0 Å². The van der Waals surface area contributed by atoms with E-state index in [1.807, 2.05) is 0 Å². The molecule has 16 nitrogen and oxygen atoms in total. The van der Waals surface area contributed by atoms with Gasteiger partial charge in [0.1, 0.15) is 36.0 Å². The summed E-state index contributed by atoms with van der Waals surface area (Å²) >= 11 is 0. The lowest BCUT2D eigenvalue weighted by atomic mass is 10.0. The number of hydrogen-bond acceptors (Lipinski definition) is 10. The quantitative estimate of drug-likeness (QED) is 0.0703. The molecule has 1 heterocycles. The Hall–Kier alpha value is -4.54. The first-order valence-electron chi connectivity index (χ1n) is 17.7. The zero-order valence-electron chi connectivity index (χ0n) is 29.0. The van der Waals surface area contributed by atoms with Crippen LogP contribution in [0.4, 0.5) is 0 Å². The number of benzene rings is 1. The third-order valence-electron chi connectivity index (χ3n) is 8.95. The standard InChI is InChI=1S/C35H54N8O8/c36-17-5-3-9-25-31(46)41-27(10-4-6-18-37)32(47)40-26(8-2-1-7-24(38)30(45)39-25)33(48)42-28(19-22-13-15-23(44)16-14-22)34(49)43-29(35(50)51)20-21-11-12-21/h1-2,13-16,21,24-29,44H,3-12,17-20,36-38H2,(H,39,45)(H,40,47)(H,41,46)(H,42,48)(H,43,49)(H,50,51)/b2-1+/t24-,25-,26-,27-,28-,29-/m0/s1. The molecule has 1 aromatic rings. The topological polar surface area (TPSA) is 281 Å². The number of unbranched alkanes of at least 4 members (excludes halogenated alkanes) is 2. The summed E-state index contributed by atoms with van der Waals surface area (Å²) in [6.45, 7) is 0.764. The Labute approximate surface area is 298 Å². The van der Waals surface area contributed by atoms with Gasteiger partial charge < -0.3 is 54.0 Å². The molecule has 1 aliphatic carbocycles. The second kappa shape index (κ2) is 21.0. The van der Waals surface area contributed by atoms with Crippen LogP contribution in [0.5, 0.6) is 5.75 Å². The molecule has 16 heteroatoms. The Morgan fingerprint density at radius 3 is 1.92 bits per heavy atom. The van der Waals surface area contributed by atoms with Crippen molar-refractivity contribution in [1.82, 2.24) is 26.6 Å². The number of phenols is 1. The van der Waals surface area contributed by atoms with Gasteiger partial charge in [0.2, 0.25) is 29.5 Å². The van der Waals surface area contributed by atoms with Gasteiger partial charge in [0.05, 0.1) is 6.04 Å². The number of hydrogen-bond donors (Lipinski definition) is 10. The maximum Gasteiger partial charge on any atom is 0.326 e. The monoisotopic (exact) mass is 714 g/mol. The SMILES string of the molecule is NCCCC[C@@H]1NC(=O)[C@H](CCCCN)NC(=O)[C@@H](N)C/C=C/C[C@@H](C(=O)N[C@@H](Cc2ccc(O)cc2)C(=O)N[C@@H](CC2CC2)C(=O)O)NC1=O. The van der Waals surface area contributed by atoms with E-state index in [9.17, 15) is 39.0 Å². The van der Waals surface area contributed by atoms with E-state index >= 15 is 0 Å². The number of amides is 5. The number of carbonyl (C=O) groups excluding carboxylic acids is 5. The fourth-order valence-electron chi connectivity index (χ4n) is 5.69. The summed E-state index contributed by atoms with van der Waals surface area (Å²) in [5.41, 5.74) is 18.0. The minimum atomic E-state index is -1.25. The van der Waals surface area contributed by atoms with Gasteiger partial charge in [-0.05, 0) is 94.5 Å². The maximum absolute atomic E-state index is 13.9. The summed E-state index contributed by atoms with van der Waals surface area (Å²) in [6.07, 6.45) is 7.88. The number of carboxylic acid groups (broad SMARTS) is 1. The van der Waals surface area contributed by atoms with Crippen molar-refractivity contribution in [2.75, 3.05) is 13.1 Å². The molecule has 2 aliphatic rings. The van der Waals surface area contributed by atoms with Gasteiger partial charge in [-0.2, -0.15) is 0 Å². The van der Waals surface area contributed by atoms with Gasteiger partial charge in [-0.1, -0.05) is 37.1 Å². The van der Waals surface area contributed by atoms with Crippen molar-refractivity contribution in [3.05, 3.63) is 42.0 Å². The Morgan fingerprint density at radius 1 is 0.784 bits per heavy atom. The third-order valence-corrected chi connectivity index (χ3v) is 8.95. The van der Waals surface area contributed by atoms with E-state index in [2.05, 4.69) is 26.6 Å². The molecule has 13 N–H and O–H groups in total. The minimum Gasteiger partial charge on any atom is -0.508 e. The Kier molecular flexibility index (Phi) is 16.8. The molecular formula is C35H54N8O8. The van der Waals surface area contributed by atoms with Gasteiger partial charge in [0.25, 0.3) is 0 Å². The maximum atomic E-state index is 13.9. The van der Waals surface area contributed by atoms with E-state index in [1.54, 1.807) is 24.3 Å². The van der Waals surface area contributed by atoms with Crippen LogP contribution in [0.25, 0.3) is 0 Å². The highest BCUT2D eigenvalue weighted by Gasteiger charge is 2.34. The molecule has 6 atom stereocenters. The normalized spacial score (nSPS) is 23.4. The summed E-state index contributed by atoms with van der Waals surface area (Å²) in [5, 5.41) is 32.9. The molecule has 0 unspecified atom stereocenters. The summed E-state index contributed by atoms with van der Waals surface area (Å²) in [5.74, 6) is -4.23. The average Bonchev–Trinajstić information content (AvgIpc) is 3.92. The smallest absolute Gasteiger partial charge is 0.326 e. The highest BCUT2D eigenvalue weighted by atomic mass is 16.4. The molecule has 0 bridgehead atoms. The molecule has 0 spiro atoms. The fraction of sp³-hybridized carbons (Fsp3) is 0.600. The zero-order chi connectivity index (χ0) is 37.3. The molecule has 0 radical (unpaired) electrons. The van der Waals surface area contributed by atoms with E-state index < -0.39 is 71.8 Å². The second-order valence-corrected chi connectivity index (χ2v) is 13.3. The van der Waals surface area contributed by atoms with Crippen LogP contribution >= 0.6 is 0 Å². The van der Waals surface area contributed by atoms with Crippen molar-refractivity contribution in [3.63, 3.8) is 0 Å². The van der Waals surface area contributed by atoms with Crippen LogP contribution in [-0.2, 0) is 35.2 Å². The predicted molar refractivity (Wildman–Crippen MR) is 189 cm³/mol. The van der Waals surface area contributed by atoms with E-state index in [-0.39, 0.29) is 50.2 Å². The number of carboxylic acids is 1. The van der Waals surface area contributed by atoms with E-state index in [1.165, 1.54) is 12.1 Å². The lowest BCUT2D eigenvalue weighted by Crippen LogP contribution is -2.59. The molecule has 1 saturated carbocycles. The van der Waals surface area contributed by atoms with Gasteiger partial charge in [0, 0.05) is 6.42 Å². The van der Waals surface area contributed by atoms with Crippen LogP contribution in [-0.4, -0.2) is 95.1 Å². The van der Waals surface area contributed by atoms with Gasteiger partial charge in [0.15, 0.2) is 0 Å². The fourth-order valence-corrected chi connectivity index (χ4v) is 5.69. The number of carbonyl (C=O) groups is 6. The van der Waals surface area contributed by atoms with Gasteiger partial charge in [-0.25, -0.2) is 4.79 Å². The number of rotatable bonds is 17. The van der Waals surface area contributed by atoms with Crippen molar-refractivity contribution in [3.8, 4) is 5.75 Å². The number of aromatic hydroxyl groups is 1. The molecule has 1 fully saturated rings. The predicted octanol–water partition coefficient (Wildman–Crippen LogP) is -0.821. The summed E-state index contributed by atoms with van der Waals surface area (Å²) < 4.78 is 0. The van der Waals surface area contributed by atoms with Crippen molar-refractivity contribution in [2.24, 2.45) is 23.1 Å². The Morgan fingerprint density at radius 2 is 1.35 bits per heavy atom. The van der Waals surface area contributed by atoms with Crippen LogP contribution < -0.4 is 43.8 Å². The van der Waals surface area contributed by atoms with Crippen LogP contribution in [0.15, 0.2) is 36.4 Å². The minimum absolute atomic E-state index is 0.000532. The lowest BCUT2D eigenvalue weighted by molar-refractivity contribution is -0.142. The van der Waals surface area contributed by atoms with E-state index in [4.69, 9.17) is 17.2 Å². The number of aliphatic carboxylic acids is 1. The van der Waals surface area contributed by atoms with Crippen LogP contribution in [0.2, 0.25) is 0 Å². The Balaban J connectivity index is 1.88. The molecule has 0 saturated heterocycles. The lowest BCUT2D eigenvalue weighted by Gasteiger charge is -2.27. The highest BCUT2D eigenvalue weighted by molar-refractivity contribution is 5.96. The number of phenolic OH excluding ortho intramolecular Hbond substituents is 1. The zero-order valence-corrected chi connectivity index (χ0v) is 29.0. The van der Waals surface area contributed by atoms with E-state index in [0.29, 0.717) is 44.3 Å². The van der Waals surface area contributed by atoms with Crippen molar-refractivity contribution >= 4 is 35.5 Å². The largest absolute Gasteiger partial charge is 0.508 e. The molecule has 51 heavy (non-hydrogen) atoms. The Bertz CT molecular complexity index is 1370. The first-order valence-corrected chi connectivity index (χ1v) is 17.7. The van der Waals surface area contributed by atoms with Crippen molar-refractivity contribution in [2.45, 2.75) is 113 Å². The number of nitrogens with two attached hydrogens (primary N) is 3. The highest BCUT2D eigenvalue weighted by Crippen LogP contribution is 2.33. The summed E-state index contributed by atoms with van der Waals surface area (Å²) in [6, 6.07) is -0.677. The van der Waals surface area contributed by atoms with Crippen LogP contribution in [0, 0.1) is 5.92 Å². The molecule has 1 aromatic carbocycles. The first kappa shape index (κ1) is 40.9. The molecule has 0 aromatic heterocycles. The molecule has 1 aliphatic heterocycles. The summed E-state index contributed by atoms with van der Waals surface area (Å²) in [4.78, 5) is 79.5. The second-order valence-electron chi connectivity index (χ2n) is 13.3. The number of nitrogens with one attached hydrogen (secondary N) is 5. The molecule has 5 amide bonds. The molecule has 3 rings (SSSR count). The van der Waals surface area contributed by atoms with Crippen molar-refractivity contribution < 1.29 is 39.0 Å². The molecule has 282 valence electrons. The van der Waals surface area contributed by atoms with Gasteiger partial charge in [-0.3, -0.25) is 24.0 Å². The average molecular weight is 715 g/mol. The van der Waals surface area contributed by atoms with Crippen LogP contribution in [0.3, 0.4) is 0 Å². The van der Waals surface area contributed by atoms with Crippen LogP contribution in [0.1, 0.15) is 76.2 Å². The van der Waals surface area contributed by atoms with Gasteiger partial charge >= 0.3 is 5.97 Å². The summed E-state index contributed by atoms with van der Waals surface area (Å²) in [7, 11) is 0.